The summed E-state index contributed by atoms with van der Waals surface area (Å²) in [7, 11) is -9.90. The topological polar surface area (TPSA) is 237 Å². The molecule has 17 nitrogen and oxygen atoms in total. The van der Waals surface area contributed by atoms with Crippen LogP contribution in [-0.2, 0) is 65.4 Å². The molecular weight excluding hydrogens is 1220 g/mol. The first-order valence-electron chi connectivity index (χ1n) is 38.6. The third-order valence-electron chi connectivity index (χ3n) is 17.3. The molecular formula is C74H144O17P2. The molecule has 0 aromatic carbocycles. The fourth-order valence-corrected chi connectivity index (χ4v) is 12.9. The third kappa shape index (κ3) is 68.4. The maximum absolute atomic E-state index is 13.1. The number of unbranched alkanes of at least 4 members (excludes halogenated alkanes) is 46. The molecule has 0 radical (unpaired) electrons. The molecule has 0 rings (SSSR count). The Kier molecular flexibility index (Phi) is 65.9. The summed E-state index contributed by atoms with van der Waals surface area (Å²) in [6.07, 6.45) is 55.5. The molecule has 3 N–H and O–H groups in total. The molecule has 0 saturated carbocycles. The van der Waals surface area contributed by atoms with Crippen LogP contribution >= 0.6 is 15.6 Å². The second kappa shape index (κ2) is 67.3. The molecule has 0 bridgehead atoms. The third-order valence-corrected chi connectivity index (χ3v) is 19.2. The number of carbonyl (C=O) groups is 4. The molecule has 0 saturated heterocycles. The SMILES string of the molecule is CCCCCCCCCCCCCCCCCCCCCC(=O)O[C@H](COC(=O)CCCCCCCCCCCCCC)COP(=O)(O)OC[C@@H](O)COP(=O)(O)OC[C@@H](COC(=O)CCCCCCCCCC(C)C)OC(=O)CCCCCCCCCCCCCC. The van der Waals surface area contributed by atoms with Crippen LogP contribution in [0.5, 0.6) is 0 Å². The Morgan fingerprint density at radius 3 is 0.731 bits per heavy atom. The monoisotopic (exact) mass is 1370 g/mol. The van der Waals surface area contributed by atoms with Crippen LogP contribution in [0.1, 0.15) is 388 Å². The van der Waals surface area contributed by atoms with E-state index in [0.717, 1.165) is 96.3 Å². The normalized spacial score (nSPS) is 14.0. The van der Waals surface area contributed by atoms with Crippen LogP contribution in [0.4, 0.5) is 0 Å². The molecule has 0 aliphatic heterocycles. The van der Waals surface area contributed by atoms with Crippen LogP contribution < -0.4 is 0 Å². The molecule has 0 spiro atoms. The van der Waals surface area contributed by atoms with Crippen molar-refractivity contribution in [3.8, 4) is 0 Å². The smallest absolute Gasteiger partial charge is 0.462 e. The van der Waals surface area contributed by atoms with Gasteiger partial charge in [-0.1, -0.05) is 336 Å². The zero-order chi connectivity index (χ0) is 68.4. The zero-order valence-electron chi connectivity index (χ0n) is 60.4. The Morgan fingerprint density at radius 2 is 0.495 bits per heavy atom. The molecule has 0 aliphatic rings. The highest BCUT2D eigenvalue weighted by Crippen LogP contribution is 2.45. The number of hydrogen-bond acceptors (Lipinski definition) is 15. The summed E-state index contributed by atoms with van der Waals surface area (Å²) in [6.45, 7) is 7.22. The summed E-state index contributed by atoms with van der Waals surface area (Å²) in [5.41, 5.74) is 0. The molecule has 552 valence electrons. The van der Waals surface area contributed by atoms with Gasteiger partial charge in [0.25, 0.3) is 0 Å². The molecule has 0 aromatic heterocycles. The van der Waals surface area contributed by atoms with Crippen molar-refractivity contribution < 1.29 is 80.2 Å². The van der Waals surface area contributed by atoms with Crippen LogP contribution in [0.3, 0.4) is 0 Å². The van der Waals surface area contributed by atoms with Gasteiger partial charge in [0.05, 0.1) is 26.4 Å². The lowest BCUT2D eigenvalue weighted by atomic mass is 10.0. The van der Waals surface area contributed by atoms with Crippen molar-refractivity contribution in [3.63, 3.8) is 0 Å². The largest absolute Gasteiger partial charge is 0.472 e. The van der Waals surface area contributed by atoms with Gasteiger partial charge in [0.1, 0.15) is 19.3 Å². The van der Waals surface area contributed by atoms with Gasteiger partial charge in [0.15, 0.2) is 12.2 Å². The summed E-state index contributed by atoms with van der Waals surface area (Å²) in [6, 6.07) is 0. The zero-order valence-corrected chi connectivity index (χ0v) is 62.2. The van der Waals surface area contributed by atoms with Crippen LogP contribution in [0.15, 0.2) is 0 Å². The quantitative estimate of drug-likeness (QED) is 0.0222. The van der Waals surface area contributed by atoms with Gasteiger partial charge >= 0.3 is 39.5 Å². The second-order valence-corrected chi connectivity index (χ2v) is 30.1. The molecule has 93 heavy (non-hydrogen) atoms. The van der Waals surface area contributed by atoms with E-state index in [2.05, 4.69) is 34.6 Å². The average molecular weight is 1370 g/mol. The van der Waals surface area contributed by atoms with Crippen molar-refractivity contribution in [1.29, 1.82) is 0 Å². The number of ether oxygens (including phenoxy) is 4. The molecule has 19 heteroatoms. The maximum Gasteiger partial charge on any atom is 0.472 e. The van der Waals surface area contributed by atoms with Gasteiger partial charge in [-0.25, -0.2) is 9.13 Å². The van der Waals surface area contributed by atoms with E-state index < -0.39 is 97.5 Å². The fraction of sp³-hybridized carbons (Fsp3) is 0.946. The fourth-order valence-electron chi connectivity index (χ4n) is 11.4. The Labute approximate surface area is 568 Å². The van der Waals surface area contributed by atoms with E-state index >= 15 is 0 Å². The van der Waals surface area contributed by atoms with Crippen LogP contribution in [0.2, 0.25) is 0 Å². The van der Waals surface area contributed by atoms with E-state index in [1.54, 1.807) is 0 Å². The molecule has 0 aliphatic carbocycles. The first-order chi connectivity index (χ1) is 45.0. The van der Waals surface area contributed by atoms with Crippen LogP contribution in [-0.4, -0.2) is 96.7 Å². The number of phosphoric acid groups is 2. The predicted molar refractivity (Wildman–Crippen MR) is 377 cm³/mol. The molecule has 5 atom stereocenters. The van der Waals surface area contributed by atoms with E-state index in [0.29, 0.717) is 31.6 Å². The van der Waals surface area contributed by atoms with Crippen molar-refractivity contribution in [3.05, 3.63) is 0 Å². The number of hydrogen-bond donors (Lipinski definition) is 3. The average Bonchev–Trinajstić information content (AvgIpc) is 2.03. The first kappa shape index (κ1) is 91.1. The molecule has 0 heterocycles. The van der Waals surface area contributed by atoms with Crippen molar-refractivity contribution in [2.24, 2.45) is 5.92 Å². The summed E-state index contributed by atoms with van der Waals surface area (Å²) < 4.78 is 68.4. The van der Waals surface area contributed by atoms with E-state index in [1.807, 2.05) is 0 Å². The van der Waals surface area contributed by atoms with Crippen LogP contribution in [0, 0.1) is 5.92 Å². The Hall–Kier alpha value is -1.94. The van der Waals surface area contributed by atoms with Gasteiger partial charge in [-0.3, -0.25) is 37.3 Å². The highest BCUT2D eigenvalue weighted by Gasteiger charge is 2.30. The minimum absolute atomic E-state index is 0.107. The van der Waals surface area contributed by atoms with Crippen molar-refractivity contribution in [2.45, 2.75) is 406 Å². The Balaban J connectivity index is 5.21. The van der Waals surface area contributed by atoms with Crippen molar-refractivity contribution in [1.82, 2.24) is 0 Å². The van der Waals surface area contributed by atoms with Gasteiger partial charge < -0.3 is 33.8 Å². The number of phosphoric ester groups is 2. The maximum atomic E-state index is 13.1. The van der Waals surface area contributed by atoms with Gasteiger partial charge in [0, 0.05) is 25.7 Å². The van der Waals surface area contributed by atoms with Gasteiger partial charge in [-0.05, 0) is 31.6 Å². The minimum atomic E-state index is -4.95. The Bertz CT molecular complexity index is 1790. The van der Waals surface area contributed by atoms with Gasteiger partial charge in [0.2, 0.25) is 0 Å². The number of carbonyl (C=O) groups excluding carboxylic acids is 4. The first-order valence-corrected chi connectivity index (χ1v) is 41.6. The van der Waals surface area contributed by atoms with Crippen molar-refractivity contribution in [2.75, 3.05) is 39.6 Å². The lowest BCUT2D eigenvalue weighted by Gasteiger charge is -2.21. The number of aliphatic hydroxyl groups excluding tert-OH is 1. The number of aliphatic hydroxyl groups is 1. The number of rotatable bonds is 74. The molecule has 0 amide bonds. The summed E-state index contributed by atoms with van der Waals surface area (Å²) in [4.78, 5) is 72.7. The van der Waals surface area contributed by atoms with E-state index in [9.17, 15) is 43.2 Å². The van der Waals surface area contributed by atoms with Gasteiger partial charge in [-0.15, -0.1) is 0 Å². The number of esters is 4. The molecule has 0 fully saturated rings. The minimum Gasteiger partial charge on any atom is -0.462 e. The lowest BCUT2D eigenvalue weighted by molar-refractivity contribution is -0.161. The second-order valence-electron chi connectivity index (χ2n) is 27.2. The predicted octanol–water partition coefficient (Wildman–Crippen LogP) is 21.7. The summed E-state index contributed by atoms with van der Waals surface area (Å²) in [5, 5.41) is 10.6. The highest BCUT2D eigenvalue weighted by molar-refractivity contribution is 7.47. The lowest BCUT2D eigenvalue weighted by Crippen LogP contribution is -2.30. The van der Waals surface area contributed by atoms with E-state index in [4.69, 9.17) is 37.0 Å². The molecule has 0 aromatic rings. The standard InChI is InChI=1S/C74H144O17P2/c1-6-9-12-15-18-21-24-27-28-29-30-31-32-33-36-39-44-50-55-60-74(79)90-69(63-84-71(76)57-52-47-42-37-34-25-22-19-16-13-10-7-2)65-88-92(80,81)86-61-68(75)62-87-93(82,83)89-66-70(64-85-72(77)58-53-48-45-40-41-46-51-56-67(4)5)91-73(78)59-54-49-43-38-35-26-23-20-17-14-11-8-3/h67-70,75H,6-66H2,1-5H3,(H,80,81)(H,82,83)/t68-,69-,70-/m1/s1. The van der Waals surface area contributed by atoms with Crippen LogP contribution in [0.25, 0.3) is 0 Å². The summed E-state index contributed by atoms with van der Waals surface area (Å²) >= 11 is 0. The molecule has 2 unspecified atom stereocenters. The highest BCUT2D eigenvalue weighted by atomic mass is 31.2. The summed E-state index contributed by atoms with van der Waals surface area (Å²) in [5.74, 6) is -1.41. The van der Waals surface area contributed by atoms with Gasteiger partial charge in [-0.2, -0.15) is 0 Å². The van der Waals surface area contributed by atoms with Crippen molar-refractivity contribution >= 4 is 39.5 Å². The van der Waals surface area contributed by atoms with E-state index in [1.165, 1.54) is 205 Å². The van der Waals surface area contributed by atoms with E-state index in [-0.39, 0.29) is 25.7 Å². The Morgan fingerprint density at radius 1 is 0.290 bits per heavy atom.